The van der Waals surface area contributed by atoms with E-state index in [1.54, 1.807) is 6.08 Å². The third-order valence-electron chi connectivity index (χ3n) is 7.39. The molecule has 0 spiro atoms. The molecule has 0 bridgehead atoms. The number of hydrogen-bond acceptors (Lipinski definition) is 4. The molecule has 0 radical (unpaired) electrons. The monoisotopic (exact) mass is 552 g/mol. The van der Waals surface area contributed by atoms with Gasteiger partial charge in [0.2, 0.25) is 0 Å². The van der Waals surface area contributed by atoms with Gasteiger partial charge in [0.05, 0.1) is 17.8 Å². The summed E-state index contributed by atoms with van der Waals surface area (Å²) in [5, 5.41) is -0.0214. The van der Waals surface area contributed by atoms with Gasteiger partial charge in [-0.3, -0.25) is 9.59 Å². The van der Waals surface area contributed by atoms with E-state index in [1.807, 2.05) is 32.1 Å². The molecule has 1 aromatic carbocycles. The van der Waals surface area contributed by atoms with Crippen molar-refractivity contribution in [2.24, 2.45) is 11.8 Å². The molecule has 0 unspecified atom stereocenters. The highest BCUT2D eigenvalue weighted by Crippen LogP contribution is 2.43. The molecule has 4 nitrogen and oxygen atoms in total. The molecular weight excluding hydrogens is 509 g/mol. The second-order valence-electron chi connectivity index (χ2n) is 11.9. The number of allylic oxidation sites excluding steroid dienone is 2. The molecular formula is C30H43F3O4Si. The molecule has 0 heterocycles. The van der Waals surface area contributed by atoms with Crippen molar-refractivity contribution < 1.29 is 31.9 Å². The van der Waals surface area contributed by atoms with Crippen LogP contribution in [0.15, 0.2) is 42.5 Å². The van der Waals surface area contributed by atoms with Crippen molar-refractivity contribution in [1.82, 2.24) is 0 Å². The summed E-state index contributed by atoms with van der Waals surface area (Å²) in [7, 11) is -2.15. The van der Waals surface area contributed by atoms with Crippen LogP contribution in [0.3, 0.4) is 0 Å². The first-order chi connectivity index (χ1) is 17.5. The van der Waals surface area contributed by atoms with E-state index >= 15 is 0 Å². The van der Waals surface area contributed by atoms with Gasteiger partial charge in [-0.25, -0.2) is 0 Å². The number of carbonyl (C=O) groups excluding carboxylic acids is 2. The summed E-state index contributed by atoms with van der Waals surface area (Å²) in [4.78, 5) is 24.8. The number of halogens is 3. The van der Waals surface area contributed by atoms with Crippen LogP contribution in [0.25, 0.3) is 6.08 Å². The Hall–Kier alpha value is -2.19. The largest absolute Gasteiger partial charge is 0.463 e. The fourth-order valence-corrected chi connectivity index (χ4v) is 5.58. The first-order valence-electron chi connectivity index (χ1n) is 13.4. The Kier molecular flexibility index (Phi) is 11.2. The maximum absolute atomic E-state index is 13.1. The number of benzene rings is 1. The van der Waals surface area contributed by atoms with Crippen LogP contribution in [-0.4, -0.2) is 32.3 Å². The van der Waals surface area contributed by atoms with Gasteiger partial charge in [0, 0.05) is 24.7 Å². The van der Waals surface area contributed by atoms with Crippen LogP contribution in [0.2, 0.25) is 18.1 Å². The molecule has 8 heteroatoms. The molecule has 0 N–H and O–H groups in total. The first-order valence-corrected chi connectivity index (χ1v) is 16.3. The number of esters is 1. The minimum absolute atomic E-state index is 0.0214. The zero-order chi connectivity index (χ0) is 28.7. The second kappa shape index (κ2) is 13.2. The maximum atomic E-state index is 13.1. The molecule has 1 aliphatic rings. The van der Waals surface area contributed by atoms with Gasteiger partial charge in [-0.2, -0.15) is 13.2 Å². The van der Waals surface area contributed by atoms with Gasteiger partial charge < -0.3 is 9.16 Å². The number of hydrogen-bond donors (Lipinski definition) is 0. The predicted molar refractivity (Wildman–Crippen MR) is 148 cm³/mol. The van der Waals surface area contributed by atoms with Crippen molar-refractivity contribution in [3.8, 4) is 0 Å². The summed E-state index contributed by atoms with van der Waals surface area (Å²) in [6.45, 7) is 14.4. The van der Waals surface area contributed by atoms with Crippen LogP contribution < -0.4 is 0 Å². The van der Waals surface area contributed by atoms with E-state index in [0.717, 1.165) is 12.1 Å². The van der Waals surface area contributed by atoms with E-state index in [-0.39, 0.29) is 40.8 Å². The van der Waals surface area contributed by atoms with Crippen LogP contribution in [0.5, 0.6) is 0 Å². The Bertz CT molecular complexity index is 988. The van der Waals surface area contributed by atoms with Gasteiger partial charge in [-0.15, -0.1) is 0 Å². The van der Waals surface area contributed by atoms with Crippen molar-refractivity contribution >= 4 is 26.1 Å². The van der Waals surface area contributed by atoms with E-state index in [9.17, 15) is 22.8 Å². The molecule has 1 aliphatic carbocycles. The Morgan fingerprint density at radius 3 is 2.29 bits per heavy atom. The van der Waals surface area contributed by atoms with Crippen molar-refractivity contribution in [1.29, 1.82) is 0 Å². The lowest BCUT2D eigenvalue weighted by Crippen LogP contribution is -2.45. The highest BCUT2D eigenvalue weighted by Gasteiger charge is 2.46. The molecule has 3 atom stereocenters. The SMILES string of the molecule is CC(C)OC(=O)CCC/C=C/C[C@H]1C(=O)C[C@@H](O[Si](C)(C)C(C)(C)C)[C@@H]1/C=C/c1ccc(C(F)(F)F)cc1. The van der Waals surface area contributed by atoms with E-state index in [0.29, 0.717) is 37.7 Å². The van der Waals surface area contributed by atoms with E-state index in [1.165, 1.54) is 12.1 Å². The summed E-state index contributed by atoms with van der Waals surface area (Å²) in [6.07, 6.45) is 5.56. The smallest absolute Gasteiger partial charge is 0.416 e. The van der Waals surface area contributed by atoms with Gasteiger partial charge in [0.25, 0.3) is 0 Å². The molecule has 38 heavy (non-hydrogen) atoms. The average molecular weight is 553 g/mol. The minimum atomic E-state index is -4.38. The number of Topliss-reactive ketones (excluding diaryl/α,β-unsaturated/α-hetero) is 1. The van der Waals surface area contributed by atoms with Crippen molar-refractivity contribution in [2.75, 3.05) is 0 Å². The number of carbonyl (C=O) groups is 2. The molecule has 0 amide bonds. The van der Waals surface area contributed by atoms with Gasteiger partial charge in [0.15, 0.2) is 8.32 Å². The van der Waals surface area contributed by atoms with Crippen molar-refractivity contribution in [2.45, 2.75) is 103 Å². The highest BCUT2D eigenvalue weighted by atomic mass is 28.4. The van der Waals surface area contributed by atoms with Gasteiger partial charge in [-0.05, 0) is 68.9 Å². The molecule has 1 saturated carbocycles. The van der Waals surface area contributed by atoms with Crippen LogP contribution >= 0.6 is 0 Å². The summed E-state index contributed by atoms with van der Waals surface area (Å²) < 4.78 is 50.6. The first kappa shape index (κ1) is 32.0. The number of ether oxygens (including phenoxy) is 1. The second-order valence-corrected chi connectivity index (χ2v) is 16.6. The molecule has 0 aliphatic heterocycles. The van der Waals surface area contributed by atoms with Crippen LogP contribution in [0.1, 0.15) is 77.8 Å². The Balaban J connectivity index is 2.15. The van der Waals surface area contributed by atoms with E-state index in [2.05, 4.69) is 33.9 Å². The average Bonchev–Trinajstić information content (AvgIpc) is 3.06. The lowest BCUT2D eigenvalue weighted by molar-refractivity contribution is -0.147. The fourth-order valence-electron chi connectivity index (χ4n) is 4.23. The molecule has 1 aromatic rings. The van der Waals surface area contributed by atoms with E-state index < -0.39 is 20.1 Å². The fraction of sp³-hybridized carbons (Fsp3) is 0.600. The Morgan fingerprint density at radius 2 is 1.74 bits per heavy atom. The van der Waals surface area contributed by atoms with E-state index in [4.69, 9.17) is 9.16 Å². The Labute approximate surface area is 226 Å². The maximum Gasteiger partial charge on any atom is 0.416 e. The lowest BCUT2D eigenvalue weighted by Gasteiger charge is -2.39. The lowest BCUT2D eigenvalue weighted by atomic mass is 9.90. The zero-order valence-electron chi connectivity index (χ0n) is 23.7. The summed E-state index contributed by atoms with van der Waals surface area (Å²) in [5.74, 6) is -0.512. The topological polar surface area (TPSA) is 52.6 Å². The minimum Gasteiger partial charge on any atom is -0.463 e. The van der Waals surface area contributed by atoms with Gasteiger partial charge >= 0.3 is 12.1 Å². The molecule has 0 aromatic heterocycles. The standard InChI is InChI=1S/C30H43F3O4Si/c1-21(2)36-28(35)13-11-9-8-10-12-24-25(19-16-22-14-17-23(18-15-22)30(31,32)33)27(20-26(24)34)37-38(6,7)29(3,4)5/h8,10,14-19,21,24-25,27H,9,11-13,20H2,1-7H3/b10-8+,19-16+/t24-,25-,27-/m1/s1. The van der Waals surface area contributed by atoms with Crippen LogP contribution in [0, 0.1) is 11.8 Å². The third-order valence-corrected chi connectivity index (χ3v) is 11.9. The number of rotatable bonds is 11. The molecule has 1 fully saturated rings. The third kappa shape index (κ3) is 9.52. The van der Waals surface area contributed by atoms with Crippen molar-refractivity contribution in [3.63, 3.8) is 0 Å². The number of unbranched alkanes of at least 4 members (excludes halogenated alkanes) is 1. The molecule has 0 saturated heterocycles. The Morgan fingerprint density at radius 1 is 1.11 bits per heavy atom. The normalized spacial score (nSPS) is 21.2. The van der Waals surface area contributed by atoms with Crippen LogP contribution in [0.4, 0.5) is 13.2 Å². The molecule has 212 valence electrons. The highest BCUT2D eigenvalue weighted by molar-refractivity contribution is 6.74. The van der Waals surface area contributed by atoms with Crippen LogP contribution in [-0.2, 0) is 24.9 Å². The molecule has 2 rings (SSSR count). The van der Waals surface area contributed by atoms with Crippen molar-refractivity contribution in [3.05, 3.63) is 53.6 Å². The number of ketones is 1. The summed E-state index contributed by atoms with van der Waals surface area (Å²) >= 11 is 0. The van der Waals surface area contributed by atoms with Gasteiger partial charge in [-0.1, -0.05) is 57.2 Å². The summed E-state index contributed by atoms with van der Waals surface area (Å²) in [5.41, 5.74) is -0.0451. The number of alkyl halides is 3. The predicted octanol–water partition coefficient (Wildman–Crippen LogP) is 8.38. The van der Waals surface area contributed by atoms with Gasteiger partial charge in [0.1, 0.15) is 5.78 Å². The zero-order valence-corrected chi connectivity index (χ0v) is 24.7. The summed E-state index contributed by atoms with van der Waals surface area (Å²) in [6, 6.07) is 5.03. The quantitative estimate of drug-likeness (QED) is 0.120.